The van der Waals surface area contributed by atoms with Gasteiger partial charge in [-0.15, -0.1) is 5.10 Å². The van der Waals surface area contributed by atoms with E-state index in [1.807, 2.05) is 0 Å². The van der Waals surface area contributed by atoms with Gasteiger partial charge in [-0.3, -0.25) is 4.72 Å². The lowest BCUT2D eigenvalue weighted by Gasteiger charge is -2.04. The molecule has 0 atom stereocenters. The molecule has 90 valence electrons. The molecule has 0 unspecified atom stereocenters. The van der Waals surface area contributed by atoms with E-state index in [1.54, 1.807) is 13.0 Å². The van der Waals surface area contributed by atoms with Crippen molar-refractivity contribution < 1.29 is 8.42 Å². The predicted octanol–water partition coefficient (Wildman–Crippen LogP) is 0.625. The zero-order valence-corrected chi connectivity index (χ0v) is 10.4. The number of aryl methyl sites for hydroxylation is 1. The van der Waals surface area contributed by atoms with Crippen LogP contribution in [0.3, 0.4) is 0 Å². The van der Waals surface area contributed by atoms with Gasteiger partial charge in [-0.2, -0.15) is 5.10 Å². The van der Waals surface area contributed by atoms with Crippen molar-refractivity contribution >= 4 is 32.3 Å². The summed E-state index contributed by atoms with van der Waals surface area (Å²) in [5.41, 5.74) is 5.82. The lowest BCUT2D eigenvalue weighted by molar-refractivity contribution is 0.602. The number of nitrogens with one attached hydrogen (secondary N) is 1. The van der Waals surface area contributed by atoms with Gasteiger partial charge >= 0.3 is 0 Å². The smallest absolute Gasteiger partial charge is 0.274 e. The molecule has 2 heterocycles. The third-order valence-electron chi connectivity index (χ3n) is 1.83. The number of hydrogen-bond acceptors (Lipinski definition) is 7. The van der Waals surface area contributed by atoms with Gasteiger partial charge in [0.1, 0.15) is 0 Å². The Morgan fingerprint density at radius 1 is 1.47 bits per heavy atom. The summed E-state index contributed by atoms with van der Waals surface area (Å²) in [7, 11) is -3.70. The molecule has 7 nitrogen and oxygen atoms in total. The van der Waals surface area contributed by atoms with Crippen molar-refractivity contribution in [2.75, 3.05) is 10.5 Å². The third kappa shape index (κ3) is 2.50. The lowest BCUT2D eigenvalue weighted by Crippen LogP contribution is -2.13. The van der Waals surface area contributed by atoms with E-state index < -0.39 is 10.0 Å². The minimum atomic E-state index is -3.70. The van der Waals surface area contributed by atoms with E-state index in [4.69, 9.17) is 5.73 Å². The van der Waals surface area contributed by atoms with Crippen LogP contribution in [-0.2, 0) is 10.0 Å². The fourth-order valence-corrected chi connectivity index (χ4v) is 3.49. The zero-order valence-electron chi connectivity index (χ0n) is 8.78. The van der Waals surface area contributed by atoms with Gasteiger partial charge in [0.05, 0.1) is 5.69 Å². The zero-order chi connectivity index (χ0) is 12.5. The van der Waals surface area contributed by atoms with Gasteiger partial charge in [-0.25, -0.2) is 13.4 Å². The summed E-state index contributed by atoms with van der Waals surface area (Å²) in [6.07, 6.45) is 1.45. The van der Waals surface area contributed by atoms with Crippen LogP contribution in [0.5, 0.6) is 0 Å². The fourth-order valence-electron chi connectivity index (χ4n) is 1.19. The summed E-state index contributed by atoms with van der Waals surface area (Å²) >= 11 is 0.909. The molecule has 2 aromatic rings. The van der Waals surface area contributed by atoms with Gasteiger partial charge in [0.2, 0.25) is 0 Å². The van der Waals surface area contributed by atoms with E-state index in [9.17, 15) is 8.42 Å². The van der Waals surface area contributed by atoms with E-state index in [0.717, 1.165) is 11.3 Å². The van der Waals surface area contributed by atoms with Crippen molar-refractivity contribution in [2.45, 2.75) is 11.1 Å². The van der Waals surface area contributed by atoms with Crippen LogP contribution < -0.4 is 10.5 Å². The molecule has 0 saturated carbocycles. The van der Waals surface area contributed by atoms with E-state index >= 15 is 0 Å². The minimum Gasteiger partial charge on any atom is -0.375 e. The standard InChI is InChI=1S/C8H9N5O2S2/c1-5-7(16-8(9)11-5)17(14,15)13-6-3-2-4-10-12-6/h2-4H,1H3,(H2,9,11)(H,12,13). The quantitative estimate of drug-likeness (QED) is 0.846. The van der Waals surface area contributed by atoms with Gasteiger partial charge in [0, 0.05) is 6.20 Å². The van der Waals surface area contributed by atoms with Crippen molar-refractivity contribution in [3.05, 3.63) is 24.0 Å². The summed E-state index contributed by atoms with van der Waals surface area (Å²) in [6.45, 7) is 1.58. The Bertz CT molecular complexity index is 623. The van der Waals surface area contributed by atoms with Crippen molar-refractivity contribution in [1.29, 1.82) is 0 Å². The highest BCUT2D eigenvalue weighted by atomic mass is 32.2. The Labute approximate surface area is 102 Å². The van der Waals surface area contributed by atoms with Gasteiger partial charge in [-0.05, 0) is 19.1 Å². The topological polar surface area (TPSA) is 111 Å². The first-order valence-corrected chi connectivity index (χ1v) is 6.82. The van der Waals surface area contributed by atoms with Gasteiger partial charge in [0.15, 0.2) is 15.2 Å². The maximum atomic E-state index is 12.0. The Morgan fingerprint density at radius 2 is 2.24 bits per heavy atom. The Morgan fingerprint density at radius 3 is 2.76 bits per heavy atom. The third-order valence-corrected chi connectivity index (χ3v) is 4.78. The Balaban J connectivity index is 2.35. The lowest BCUT2D eigenvalue weighted by atomic mass is 10.6. The van der Waals surface area contributed by atoms with Crippen LogP contribution in [0.15, 0.2) is 22.5 Å². The molecular formula is C8H9N5O2S2. The second kappa shape index (κ2) is 4.26. The van der Waals surface area contributed by atoms with Gasteiger partial charge < -0.3 is 5.73 Å². The van der Waals surface area contributed by atoms with Gasteiger partial charge in [0.25, 0.3) is 10.0 Å². The molecule has 0 aliphatic heterocycles. The number of hydrogen-bond donors (Lipinski definition) is 2. The molecule has 0 aliphatic rings. The maximum absolute atomic E-state index is 12.0. The average Bonchev–Trinajstić information content (AvgIpc) is 2.59. The number of thiazole rings is 1. The van der Waals surface area contributed by atoms with Crippen LogP contribution in [0.2, 0.25) is 0 Å². The minimum absolute atomic E-state index is 0.0839. The molecule has 0 saturated heterocycles. The molecule has 0 aliphatic carbocycles. The van der Waals surface area contributed by atoms with E-state index in [1.165, 1.54) is 12.3 Å². The summed E-state index contributed by atoms with van der Waals surface area (Å²) in [6, 6.07) is 3.09. The molecule has 3 N–H and O–H groups in total. The number of sulfonamides is 1. The number of nitrogen functional groups attached to an aromatic ring is 1. The molecule has 0 amide bonds. The van der Waals surface area contributed by atoms with E-state index in [0.29, 0.717) is 5.69 Å². The number of anilines is 2. The number of rotatable bonds is 3. The molecule has 0 aromatic carbocycles. The summed E-state index contributed by atoms with van der Waals surface area (Å²) < 4.78 is 26.3. The van der Waals surface area contributed by atoms with E-state index in [2.05, 4.69) is 19.9 Å². The summed E-state index contributed by atoms with van der Waals surface area (Å²) in [5, 5.41) is 7.43. The second-order valence-corrected chi connectivity index (χ2v) is 6.05. The molecule has 0 bridgehead atoms. The van der Waals surface area contributed by atoms with Crippen LogP contribution in [-0.4, -0.2) is 23.6 Å². The molecule has 0 spiro atoms. The van der Waals surface area contributed by atoms with Crippen LogP contribution in [0.1, 0.15) is 5.69 Å². The Hall–Kier alpha value is -1.74. The highest BCUT2D eigenvalue weighted by molar-refractivity contribution is 7.94. The predicted molar refractivity (Wildman–Crippen MR) is 64.1 cm³/mol. The van der Waals surface area contributed by atoms with Crippen LogP contribution >= 0.6 is 11.3 Å². The summed E-state index contributed by atoms with van der Waals surface area (Å²) in [5.74, 6) is 0.152. The van der Waals surface area contributed by atoms with Crippen LogP contribution in [0.4, 0.5) is 10.9 Å². The molecule has 17 heavy (non-hydrogen) atoms. The molecule has 0 radical (unpaired) electrons. The first kappa shape index (κ1) is 11.7. The van der Waals surface area contributed by atoms with Crippen molar-refractivity contribution in [3.8, 4) is 0 Å². The Kier molecular flexibility index (Phi) is 2.94. The molecule has 9 heteroatoms. The maximum Gasteiger partial charge on any atom is 0.274 e. The first-order chi connectivity index (χ1) is 7.99. The number of nitrogens with zero attached hydrogens (tertiary/aromatic N) is 3. The normalized spacial score (nSPS) is 11.4. The highest BCUT2D eigenvalue weighted by Gasteiger charge is 2.21. The number of aromatic nitrogens is 3. The average molecular weight is 271 g/mol. The second-order valence-electron chi connectivity index (χ2n) is 3.14. The monoisotopic (exact) mass is 271 g/mol. The van der Waals surface area contributed by atoms with Crippen molar-refractivity contribution in [2.24, 2.45) is 0 Å². The number of nitrogens with two attached hydrogens (primary N) is 1. The van der Waals surface area contributed by atoms with Crippen LogP contribution in [0, 0.1) is 6.92 Å². The van der Waals surface area contributed by atoms with Crippen molar-refractivity contribution in [1.82, 2.24) is 15.2 Å². The van der Waals surface area contributed by atoms with E-state index in [-0.39, 0.29) is 15.2 Å². The largest absolute Gasteiger partial charge is 0.375 e. The van der Waals surface area contributed by atoms with Gasteiger partial charge in [-0.1, -0.05) is 11.3 Å². The molecular weight excluding hydrogens is 262 g/mol. The SMILES string of the molecule is Cc1nc(N)sc1S(=O)(=O)Nc1cccnn1. The molecule has 2 aromatic heterocycles. The highest BCUT2D eigenvalue weighted by Crippen LogP contribution is 2.26. The molecule has 0 fully saturated rings. The first-order valence-electron chi connectivity index (χ1n) is 4.52. The summed E-state index contributed by atoms with van der Waals surface area (Å²) in [4.78, 5) is 3.86. The fraction of sp³-hybridized carbons (Fsp3) is 0.125. The van der Waals surface area contributed by atoms with Crippen molar-refractivity contribution in [3.63, 3.8) is 0 Å². The van der Waals surface area contributed by atoms with Crippen LogP contribution in [0.25, 0.3) is 0 Å². The molecule has 2 rings (SSSR count).